The first-order chi connectivity index (χ1) is 12.1. The Balaban J connectivity index is 2.06. The van der Waals surface area contributed by atoms with Gasteiger partial charge >= 0.3 is 6.03 Å². The predicted octanol–water partition coefficient (Wildman–Crippen LogP) is 3.01. The van der Waals surface area contributed by atoms with E-state index in [2.05, 4.69) is 22.9 Å². The van der Waals surface area contributed by atoms with Gasteiger partial charge in [0.1, 0.15) is 0 Å². The van der Waals surface area contributed by atoms with Crippen LogP contribution in [0.3, 0.4) is 0 Å². The maximum absolute atomic E-state index is 11.7. The summed E-state index contributed by atoms with van der Waals surface area (Å²) < 4.78 is 7.90. The summed E-state index contributed by atoms with van der Waals surface area (Å²) in [4.78, 5) is 23.3. The molecule has 1 atom stereocenters. The lowest BCUT2D eigenvalue weighted by atomic mass is 10.1. The average Bonchev–Trinajstić information content (AvgIpc) is 2.60. The van der Waals surface area contributed by atoms with Gasteiger partial charge in [-0.15, -0.1) is 0 Å². The van der Waals surface area contributed by atoms with E-state index in [0.29, 0.717) is 13.0 Å². The van der Waals surface area contributed by atoms with Crippen LogP contribution in [0.25, 0.3) is 0 Å². The van der Waals surface area contributed by atoms with Crippen molar-refractivity contribution in [2.45, 2.75) is 51.9 Å². The first-order valence-electron chi connectivity index (χ1n) is 9.46. The van der Waals surface area contributed by atoms with Crippen LogP contribution in [-0.2, 0) is 11.2 Å². The zero-order valence-corrected chi connectivity index (χ0v) is 14.6. The van der Waals surface area contributed by atoms with E-state index in [-0.39, 0.29) is 6.54 Å². The summed E-state index contributed by atoms with van der Waals surface area (Å²) in [5.74, 6) is -0.425. The molecular formula is C19H31N3O2. The molecule has 0 radical (unpaired) electrons. The summed E-state index contributed by atoms with van der Waals surface area (Å²) in [6, 6.07) is 9.18. The second-order valence-electron chi connectivity index (χ2n) is 5.85. The van der Waals surface area contributed by atoms with Crippen LogP contribution in [-0.4, -0.2) is 31.5 Å². The molecule has 0 aromatic heterocycles. The van der Waals surface area contributed by atoms with Gasteiger partial charge in [-0.1, -0.05) is 69.4 Å². The number of unbranched alkanes of at least 4 members (excludes halogenated alkanes) is 5. The molecule has 0 saturated heterocycles. The molecule has 3 amide bonds. The Morgan fingerprint density at radius 3 is 2.50 bits per heavy atom. The van der Waals surface area contributed by atoms with Gasteiger partial charge in [0, 0.05) is 7.92 Å². The highest BCUT2D eigenvalue weighted by Gasteiger charge is 2.06. The van der Waals surface area contributed by atoms with Crippen molar-refractivity contribution in [1.29, 1.82) is 0 Å². The third-order valence-corrected chi connectivity index (χ3v) is 3.66. The summed E-state index contributed by atoms with van der Waals surface area (Å²) in [6.07, 6.45) is 7.44. The van der Waals surface area contributed by atoms with Crippen LogP contribution in [0.15, 0.2) is 30.3 Å². The van der Waals surface area contributed by atoms with E-state index in [1.807, 2.05) is 30.3 Å². The minimum atomic E-state index is -0.584. The van der Waals surface area contributed by atoms with E-state index in [1.54, 1.807) is 0 Å². The minimum Gasteiger partial charge on any atom is -0.338 e. The normalized spacial score (nSPS) is 12.3. The van der Waals surface area contributed by atoms with E-state index in [4.69, 9.17) is 1.37 Å². The fourth-order valence-corrected chi connectivity index (χ4v) is 2.29. The molecule has 1 aromatic carbocycles. The molecule has 0 aliphatic rings. The van der Waals surface area contributed by atoms with Gasteiger partial charge in [-0.25, -0.2) is 4.79 Å². The summed E-state index contributed by atoms with van der Waals surface area (Å²) in [6.45, 7) is 2.13. The van der Waals surface area contributed by atoms with Crippen molar-refractivity contribution >= 4 is 11.9 Å². The van der Waals surface area contributed by atoms with E-state index in [1.165, 1.54) is 25.7 Å². The molecule has 5 heteroatoms. The molecule has 5 nitrogen and oxygen atoms in total. The van der Waals surface area contributed by atoms with Crippen LogP contribution in [0, 0.1) is 0 Å². The van der Waals surface area contributed by atoms with Gasteiger partial charge in [-0.05, 0) is 24.9 Å². The molecule has 1 aromatic rings. The Morgan fingerprint density at radius 2 is 1.75 bits per heavy atom. The van der Waals surface area contributed by atoms with Crippen LogP contribution in [0.5, 0.6) is 0 Å². The highest BCUT2D eigenvalue weighted by molar-refractivity contribution is 5.95. The van der Waals surface area contributed by atoms with Gasteiger partial charge in [0.2, 0.25) is 5.91 Å². The third kappa shape index (κ3) is 10.8. The highest BCUT2D eigenvalue weighted by atomic mass is 16.2. The average molecular weight is 334 g/mol. The maximum Gasteiger partial charge on any atom is 0.321 e. The van der Waals surface area contributed by atoms with Crippen LogP contribution in [0.4, 0.5) is 4.79 Å². The summed E-state index contributed by atoms with van der Waals surface area (Å²) >= 11 is 0. The maximum atomic E-state index is 11.7. The molecule has 0 bridgehead atoms. The number of carbonyl (C=O) groups excluding carboxylic acids is 2. The Hall–Kier alpha value is -1.88. The van der Waals surface area contributed by atoms with E-state index < -0.39 is 18.5 Å². The molecule has 24 heavy (non-hydrogen) atoms. The molecule has 0 aliphatic heterocycles. The van der Waals surface area contributed by atoms with Gasteiger partial charge < -0.3 is 10.6 Å². The van der Waals surface area contributed by atoms with Crippen LogP contribution in [0.2, 0.25) is 0 Å². The van der Waals surface area contributed by atoms with Crippen molar-refractivity contribution in [3.8, 4) is 0 Å². The molecule has 1 rings (SSSR count). The van der Waals surface area contributed by atoms with Crippen molar-refractivity contribution in [3.05, 3.63) is 35.9 Å². The quantitative estimate of drug-likeness (QED) is 0.515. The fourth-order valence-electron chi connectivity index (χ4n) is 2.29. The van der Waals surface area contributed by atoms with Crippen molar-refractivity contribution in [2.24, 2.45) is 0 Å². The van der Waals surface area contributed by atoms with E-state index in [0.717, 1.165) is 18.4 Å². The number of amides is 3. The largest absolute Gasteiger partial charge is 0.338 e. The standard InChI is InChI=1S/C19H31N3O2/c1-2-3-4-5-6-10-14-21-19(24)22-18(23)16-20-15-13-17-11-8-7-9-12-17/h7-9,11-12,20H,2-6,10,13-16H2,1H3,(H2,21,22,23,24)/i15D/t15-/m0/s1. The van der Waals surface area contributed by atoms with Gasteiger partial charge in [0.25, 0.3) is 0 Å². The van der Waals surface area contributed by atoms with Crippen molar-refractivity contribution in [3.63, 3.8) is 0 Å². The van der Waals surface area contributed by atoms with Crippen molar-refractivity contribution in [1.82, 2.24) is 16.0 Å². The van der Waals surface area contributed by atoms with Crippen LogP contribution < -0.4 is 16.0 Å². The lowest BCUT2D eigenvalue weighted by Crippen LogP contribution is -2.43. The van der Waals surface area contributed by atoms with Crippen molar-refractivity contribution < 1.29 is 11.0 Å². The molecule has 0 fully saturated rings. The molecule has 0 unspecified atom stereocenters. The van der Waals surface area contributed by atoms with Gasteiger partial charge in [0.15, 0.2) is 0 Å². The monoisotopic (exact) mass is 334 g/mol. The molecule has 0 aliphatic carbocycles. The summed E-state index contributed by atoms with van der Waals surface area (Å²) in [7, 11) is 0. The molecule has 0 saturated carbocycles. The van der Waals surface area contributed by atoms with Crippen LogP contribution in [0.1, 0.15) is 52.4 Å². The Labute approximate surface area is 147 Å². The molecule has 3 N–H and O–H groups in total. The molecular weight excluding hydrogens is 302 g/mol. The lowest BCUT2D eigenvalue weighted by molar-refractivity contribution is -0.119. The smallest absolute Gasteiger partial charge is 0.321 e. The van der Waals surface area contributed by atoms with Crippen molar-refractivity contribution in [2.75, 3.05) is 19.6 Å². The zero-order chi connectivity index (χ0) is 18.3. The topological polar surface area (TPSA) is 70.2 Å². The number of hydrogen-bond donors (Lipinski definition) is 3. The van der Waals surface area contributed by atoms with Gasteiger partial charge in [-0.3, -0.25) is 10.1 Å². The van der Waals surface area contributed by atoms with Gasteiger partial charge in [-0.2, -0.15) is 0 Å². The van der Waals surface area contributed by atoms with E-state index >= 15 is 0 Å². The highest BCUT2D eigenvalue weighted by Crippen LogP contribution is 2.03. The minimum absolute atomic E-state index is 0.0502. The number of hydrogen-bond acceptors (Lipinski definition) is 3. The van der Waals surface area contributed by atoms with Crippen LogP contribution >= 0.6 is 0 Å². The molecule has 134 valence electrons. The lowest BCUT2D eigenvalue weighted by Gasteiger charge is -2.08. The number of aryl methyl sites for hydroxylation is 1. The van der Waals surface area contributed by atoms with E-state index in [9.17, 15) is 9.59 Å². The predicted molar refractivity (Wildman–Crippen MR) is 97.9 cm³/mol. The number of nitrogens with one attached hydrogen (secondary N) is 3. The Kier molecular flexibility index (Phi) is 10.4. The van der Waals surface area contributed by atoms with Gasteiger partial charge in [0.05, 0.1) is 6.54 Å². The number of carbonyl (C=O) groups is 2. The number of urea groups is 1. The number of rotatable bonds is 12. The Bertz CT molecular complexity index is 497. The first-order valence-corrected chi connectivity index (χ1v) is 8.89. The third-order valence-electron chi connectivity index (χ3n) is 3.66. The summed E-state index contributed by atoms with van der Waals surface area (Å²) in [5.41, 5.74) is 1.03. The fraction of sp³-hybridized carbons (Fsp3) is 0.579. The molecule has 0 spiro atoms. The Morgan fingerprint density at radius 1 is 1.04 bits per heavy atom. The SMILES string of the molecule is [2H][C@@H](Cc1ccccc1)NCC(=O)NC(=O)NCCCCCCCC. The second-order valence-corrected chi connectivity index (χ2v) is 5.85. The number of benzene rings is 1. The zero-order valence-electron chi connectivity index (χ0n) is 15.6. The number of imide groups is 1. The molecule has 0 heterocycles. The second kappa shape index (κ2) is 13.5. The first kappa shape index (κ1) is 18.5. The summed E-state index contributed by atoms with van der Waals surface area (Å²) in [5, 5.41) is 7.77.